The van der Waals surface area contributed by atoms with Gasteiger partial charge < -0.3 is 5.11 Å². The number of rotatable bonds is 2. The lowest BCUT2D eigenvalue weighted by Crippen LogP contribution is -2.29. The van der Waals surface area contributed by atoms with E-state index in [9.17, 15) is 5.11 Å². The highest BCUT2D eigenvalue weighted by Gasteiger charge is 2.29. The average molecular weight is 253 g/mol. The van der Waals surface area contributed by atoms with Crippen LogP contribution in [0.25, 0.3) is 10.4 Å². The molecule has 0 bridgehead atoms. The third-order valence-electron chi connectivity index (χ3n) is 3.18. The van der Waals surface area contributed by atoms with Crippen LogP contribution in [0.4, 0.5) is 0 Å². The number of nitrogens with zero attached hydrogens (tertiary/aromatic N) is 4. The molecule has 3 atom stereocenters. The van der Waals surface area contributed by atoms with Gasteiger partial charge in [0, 0.05) is 23.1 Å². The maximum Gasteiger partial charge on any atom is 0.129 e. The fourth-order valence-electron chi connectivity index (χ4n) is 2.28. The minimum Gasteiger partial charge on any atom is -0.392 e. The molecule has 1 aromatic heterocycles. The zero-order valence-electron chi connectivity index (χ0n) is 9.20. The van der Waals surface area contributed by atoms with Crippen molar-refractivity contribution in [1.29, 1.82) is 0 Å². The van der Waals surface area contributed by atoms with Gasteiger partial charge in [-0.05, 0) is 36.4 Å². The summed E-state index contributed by atoms with van der Waals surface area (Å²) < 4.78 is 0. The molecule has 1 aliphatic rings. The van der Waals surface area contributed by atoms with Crippen molar-refractivity contribution in [3.63, 3.8) is 0 Å². The maximum atomic E-state index is 9.98. The van der Waals surface area contributed by atoms with Gasteiger partial charge in [-0.15, -0.1) is 0 Å². The van der Waals surface area contributed by atoms with Gasteiger partial charge in [-0.25, -0.2) is 4.98 Å². The molecule has 17 heavy (non-hydrogen) atoms. The molecule has 1 aromatic rings. The first-order valence-electron chi connectivity index (χ1n) is 5.54. The summed E-state index contributed by atoms with van der Waals surface area (Å²) in [6.45, 7) is 0. The highest BCUT2D eigenvalue weighted by atomic mass is 35.5. The standard InChI is InChI=1S/C11H13ClN4O/c12-11-4-1-7(6-14-11)9-5-8(15-16-13)2-3-10(9)17/h1,4,6,8-10,17H,2-3,5H2/t8-,9+,10-/m0/s1. The predicted octanol–water partition coefficient (Wildman–Crippen LogP) is 3.04. The number of aromatic nitrogens is 1. The van der Waals surface area contributed by atoms with E-state index >= 15 is 0 Å². The van der Waals surface area contributed by atoms with Gasteiger partial charge in [0.15, 0.2) is 0 Å². The second-order valence-electron chi connectivity index (χ2n) is 4.26. The molecule has 5 nitrogen and oxygen atoms in total. The van der Waals surface area contributed by atoms with E-state index in [4.69, 9.17) is 17.1 Å². The first kappa shape index (κ1) is 12.2. The molecular formula is C11H13ClN4O. The molecule has 1 aliphatic carbocycles. The second kappa shape index (κ2) is 5.36. The van der Waals surface area contributed by atoms with Crippen LogP contribution in [0.3, 0.4) is 0 Å². The normalized spacial score (nSPS) is 28.5. The topological polar surface area (TPSA) is 81.9 Å². The number of hydrogen-bond donors (Lipinski definition) is 1. The predicted molar refractivity (Wildman–Crippen MR) is 64.8 cm³/mol. The molecular weight excluding hydrogens is 240 g/mol. The van der Waals surface area contributed by atoms with Gasteiger partial charge in [-0.2, -0.15) is 0 Å². The molecule has 0 aliphatic heterocycles. The van der Waals surface area contributed by atoms with Gasteiger partial charge in [0.05, 0.1) is 6.10 Å². The van der Waals surface area contributed by atoms with Crippen molar-refractivity contribution >= 4 is 11.6 Å². The molecule has 0 spiro atoms. The molecule has 0 saturated heterocycles. The SMILES string of the molecule is [N-]=[N+]=N[C@H]1CC[C@H](O)[C@@H](c2ccc(Cl)nc2)C1. The van der Waals surface area contributed by atoms with Crippen molar-refractivity contribution in [3.05, 3.63) is 39.5 Å². The van der Waals surface area contributed by atoms with Crippen LogP contribution >= 0.6 is 11.6 Å². The molecule has 1 fully saturated rings. The van der Waals surface area contributed by atoms with Crippen molar-refractivity contribution in [2.75, 3.05) is 0 Å². The Hall–Kier alpha value is -1.29. The summed E-state index contributed by atoms with van der Waals surface area (Å²) in [6, 6.07) is 3.53. The van der Waals surface area contributed by atoms with Crippen LogP contribution in [-0.2, 0) is 0 Å². The van der Waals surface area contributed by atoms with Crippen LogP contribution in [0, 0.1) is 0 Å². The Labute approximate surface area is 104 Å². The van der Waals surface area contributed by atoms with E-state index in [0.717, 1.165) is 12.0 Å². The molecule has 90 valence electrons. The molecule has 0 radical (unpaired) electrons. The third-order valence-corrected chi connectivity index (χ3v) is 3.40. The van der Waals surface area contributed by atoms with Crippen LogP contribution in [0.5, 0.6) is 0 Å². The Kier molecular flexibility index (Phi) is 3.84. The number of azide groups is 1. The van der Waals surface area contributed by atoms with E-state index in [-0.39, 0.29) is 12.0 Å². The minimum atomic E-state index is -0.400. The van der Waals surface area contributed by atoms with Crippen molar-refractivity contribution in [1.82, 2.24) is 4.98 Å². The zero-order chi connectivity index (χ0) is 12.3. The van der Waals surface area contributed by atoms with Crippen molar-refractivity contribution < 1.29 is 5.11 Å². The van der Waals surface area contributed by atoms with E-state index in [1.165, 1.54) is 0 Å². The van der Waals surface area contributed by atoms with Gasteiger partial charge in [0.25, 0.3) is 0 Å². The Morgan fingerprint density at radius 3 is 2.94 bits per heavy atom. The average Bonchev–Trinajstić information content (AvgIpc) is 2.33. The summed E-state index contributed by atoms with van der Waals surface area (Å²) in [5.41, 5.74) is 9.39. The van der Waals surface area contributed by atoms with Crippen LogP contribution in [0.1, 0.15) is 30.7 Å². The molecule has 0 aromatic carbocycles. The van der Waals surface area contributed by atoms with Crippen molar-refractivity contribution in [2.45, 2.75) is 37.3 Å². The lowest BCUT2D eigenvalue weighted by atomic mass is 9.80. The summed E-state index contributed by atoms with van der Waals surface area (Å²) in [6.07, 6.45) is 3.33. The number of halogens is 1. The number of aliphatic hydroxyl groups is 1. The molecule has 6 heteroatoms. The molecule has 2 rings (SSSR count). The summed E-state index contributed by atoms with van der Waals surface area (Å²) >= 11 is 5.73. The third kappa shape index (κ3) is 2.88. The van der Waals surface area contributed by atoms with E-state index in [1.54, 1.807) is 12.3 Å². The van der Waals surface area contributed by atoms with Crippen LogP contribution < -0.4 is 0 Å². The largest absolute Gasteiger partial charge is 0.392 e. The number of aliphatic hydroxyl groups excluding tert-OH is 1. The molecule has 1 heterocycles. The molecule has 1 N–H and O–H groups in total. The van der Waals surface area contributed by atoms with Gasteiger partial charge >= 0.3 is 0 Å². The fraction of sp³-hybridized carbons (Fsp3) is 0.545. The Morgan fingerprint density at radius 2 is 2.29 bits per heavy atom. The van der Waals surface area contributed by atoms with Gasteiger partial charge in [0.1, 0.15) is 5.15 Å². The van der Waals surface area contributed by atoms with Gasteiger partial charge in [-0.1, -0.05) is 22.8 Å². The second-order valence-corrected chi connectivity index (χ2v) is 4.65. The first-order valence-corrected chi connectivity index (χ1v) is 5.92. The summed E-state index contributed by atoms with van der Waals surface area (Å²) in [4.78, 5) is 6.84. The van der Waals surface area contributed by atoms with Crippen LogP contribution in [-0.4, -0.2) is 22.2 Å². The fourth-order valence-corrected chi connectivity index (χ4v) is 2.39. The summed E-state index contributed by atoms with van der Waals surface area (Å²) in [5.74, 6) is -0.0241. The van der Waals surface area contributed by atoms with E-state index < -0.39 is 6.10 Å². The lowest BCUT2D eigenvalue weighted by Gasteiger charge is -2.31. The molecule has 0 unspecified atom stereocenters. The Morgan fingerprint density at radius 1 is 1.47 bits per heavy atom. The zero-order valence-corrected chi connectivity index (χ0v) is 9.96. The first-order chi connectivity index (χ1) is 8.20. The van der Waals surface area contributed by atoms with Gasteiger partial charge in [0.2, 0.25) is 0 Å². The Balaban J connectivity index is 2.17. The summed E-state index contributed by atoms with van der Waals surface area (Å²) in [5, 5.41) is 14.2. The van der Waals surface area contributed by atoms with Gasteiger partial charge in [-0.3, -0.25) is 0 Å². The van der Waals surface area contributed by atoms with Crippen molar-refractivity contribution in [3.8, 4) is 0 Å². The van der Waals surface area contributed by atoms with Crippen LogP contribution in [0.15, 0.2) is 23.4 Å². The van der Waals surface area contributed by atoms with Crippen molar-refractivity contribution in [2.24, 2.45) is 5.11 Å². The van der Waals surface area contributed by atoms with Crippen LogP contribution in [0.2, 0.25) is 5.15 Å². The smallest absolute Gasteiger partial charge is 0.129 e. The molecule has 0 amide bonds. The van der Waals surface area contributed by atoms with E-state index in [1.807, 2.05) is 6.07 Å². The molecule has 1 saturated carbocycles. The Bertz CT molecular complexity index is 430. The van der Waals surface area contributed by atoms with E-state index in [2.05, 4.69) is 15.0 Å². The lowest BCUT2D eigenvalue weighted by molar-refractivity contribution is 0.0988. The highest BCUT2D eigenvalue weighted by Crippen LogP contribution is 2.34. The monoisotopic (exact) mass is 252 g/mol. The van der Waals surface area contributed by atoms with E-state index in [0.29, 0.717) is 18.0 Å². The number of hydrogen-bond acceptors (Lipinski definition) is 3. The maximum absolute atomic E-state index is 9.98. The quantitative estimate of drug-likeness (QED) is 0.380. The minimum absolute atomic E-state index is 0.0241. The summed E-state index contributed by atoms with van der Waals surface area (Å²) in [7, 11) is 0. The number of pyridine rings is 1. The highest BCUT2D eigenvalue weighted by molar-refractivity contribution is 6.29.